The molecule has 1 unspecified atom stereocenters. The summed E-state index contributed by atoms with van der Waals surface area (Å²) in [5.74, 6) is 1.66. The van der Waals surface area contributed by atoms with E-state index in [1.165, 1.54) is 18.4 Å². The van der Waals surface area contributed by atoms with Gasteiger partial charge in [0.15, 0.2) is 0 Å². The highest BCUT2D eigenvalue weighted by atomic mass is 35.5. The quantitative estimate of drug-likeness (QED) is 0.413. The van der Waals surface area contributed by atoms with Crippen molar-refractivity contribution < 1.29 is 0 Å². The summed E-state index contributed by atoms with van der Waals surface area (Å²) >= 11 is 6.83. The van der Waals surface area contributed by atoms with Crippen LogP contribution in [0.2, 0.25) is 5.02 Å². The summed E-state index contributed by atoms with van der Waals surface area (Å²) in [6.07, 6.45) is 9.17. The Morgan fingerprint density at radius 3 is 2.85 bits per heavy atom. The van der Waals surface area contributed by atoms with E-state index in [-0.39, 0.29) is 0 Å². The van der Waals surface area contributed by atoms with E-state index < -0.39 is 0 Å². The molecule has 3 aromatic heterocycles. The third kappa shape index (κ3) is 4.48. The van der Waals surface area contributed by atoms with Gasteiger partial charge in [-0.25, -0.2) is 4.98 Å². The molecule has 2 N–H and O–H groups in total. The average molecular weight is 476 g/mol. The Labute approximate surface area is 204 Å². The molecule has 1 aromatic carbocycles. The number of pyridine rings is 1. The number of imidazole rings is 1. The van der Waals surface area contributed by atoms with Gasteiger partial charge >= 0.3 is 0 Å². The van der Waals surface area contributed by atoms with Crippen molar-refractivity contribution in [3.63, 3.8) is 0 Å². The molecule has 34 heavy (non-hydrogen) atoms. The zero-order valence-corrected chi connectivity index (χ0v) is 20.2. The Bertz CT molecular complexity index is 1300. The van der Waals surface area contributed by atoms with Crippen molar-refractivity contribution in [1.29, 1.82) is 0 Å². The molecule has 6 rings (SSSR count). The van der Waals surface area contributed by atoms with Gasteiger partial charge in [-0.1, -0.05) is 17.7 Å². The predicted octanol–water partition coefficient (Wildman–Crippen LogP) is 4.44. The molecule has 1 aliphatic heterocycles. The number of benzene rings is 1. The van der Waals surface area contributed by atoms with Crippen LogP contribution < -0.4 is 5.32 Å². The molecule has 0 radical (unpaired) electrons. The molecule has 176 valence electrons. The van der Waals surface area contributed by atoms with E-state index >= 15 is 0 Å². The van der Waals surface area contributed by atoms with Gasteiger partial charge in [0.2, 0.25) is 0 Å². The summed E-state index contributed by atoms with van der Waals surface area (Å²) in [5, 5.41) is 8.62. The fourth-order valence-electron chi connectivity index (χ4n) is 4.87. The van der Waals surface area contributed by atoms with Crippen molar-refractivity contribution >= 4 is 22.6 Å². The normalized spacial score (nSPS) is 17.9. The van der Waals surface area contributed by atoms with E-state index in [1.54, 1.807) is 0 Å². The maximum atomic E-state index is 6.83. The van der Waals surface area contributed by atoms with E-state index in [2.05, 4.69) is 62.7 Å². The molecule has 2 aliphatic rings. The number of rotatable bonds is 7. The number of nitrogens with one attached hydrogen (secondary N) is 2. The number of piperazine rings is 1. The van der Waals surface area contributed by atoms with Crippen molar-refractivity contribution in [3.05, 3.63) is 65.0 Å². The highest BCUT2D eigenvalue weighted by molar-refractivity contribution is 6.37. The van der Waals surface area contributed by atoms with Crippen LogP contribution in [0.4, 0.5) is 0 Å². The average Bonchev–Trinajstić information content (AvgIpc) is 3.39. The minimum Gasteiger partial charge on any atom is -0.342 e. The largest absolute Gasteiger partial charge is 0.342 e. The van der Waals surface area contributed by atoms with Crippen LogP contribution in [-0.2, 0) is 13.0 Å². The molecule has 0 amide bonds. The minimum atomic E-state index is 0.373. The van der Waals surface area contributed by atoms with Gasteiger partial charge in [-0.2, -0.15) is 5.10 Å². The zero-order chi connectivity index (χ0) is 23.1. The monoisotopic (exact) mass is 475 g/mol. The summed E-state index contributed by atoms with van der Waals surface area (Å²) in [6.45, 7) is 7.51. The first kappa shape index (κ1) is 21.8. The lowest BCUT2D eigenvalue weighted by Gasteiger charge is -2.33. The number of aromatic amines is 1. The van der Waals surface area contributed by atoms with Gasteiger partial charge in [0.1, 0.15) is 11.3 Å². The van der Waals surface area contributed by atoms with Crippen LogP contribution >= 0.6 is 11.6 Å². The Morgan fingerprint density at radius 1 is 1.18 bits per heavy atom. The second-order valence-corrected chi connectivity index (χ2v) is 10.00. The molecule has 4 aromatic rings. The fourth-order valence-corrected chi connectivity index (χ4v) is 5.19. The molecule has 1 saturated heterocycles. The van der Waals surface area contributed by atoms with Crippen molar-refractivity contribution in [2.45, 2.75) is 38.8 Å². The zero-order valence-electron chi connectivity index (χ0n) is 19.5. The number of hydrogen-bond donors (Lipinski definition) is 2. The predicted molar refractivity (Wildman–Crippen MR) is 135 cm³/mol. The van der Waals surface area contributed by atoms with Crippen LogP contribution in [0, 0.1) is 5.92 Å². The van der Waals surface area contributed by atoms with Gasteiger partial charge in [-0.05, 0) is 49.4 Å². The first-order valence-electron chi connectivity index (χ1n) is 12.2. The van der Waals surface area contributed by atoms with Crippen LogP contribution in [0.25, 0.3) is 22.2 Å². The summed E-state index contributed by atoms with van der Waals surface area (Å²) in [6, 6.07) is 8.82. The van der Waals surface area contributed by atoms with Crippen molar-refractivity contribution in [2.75, 3.05) is 26.2 Å². The number of H-pyrrole nitrogens is 1. The first-order chi connectivity index (χ1) is 16.6. The summed E-state index contributed by atoms with van der Waals surface area (Å²) in [4.78, 5) is 15.4. The van der Waals surface area contributed by atoms with Crippen LogP contribution in [-0.4, -0.2) is 55.8 Å². The Kier molecular flexibility index (Phi) is 5.85. The molecule has 1 aliphatic carbocycles. The van der Waals surface area contributed by atoms with Gasteiger partial charge in [0.05, 0.1) is 16.7 Å². The number of hydrogen-bond acceptors (Lipinski definition) is 5. The maximum Gasteiger partial charge on any atom is 0.113 e. The molecular formula is C26H30ClN7. The fraction of sp³-hybridized carbons (Fsp3) is 0.423. The lowest BCUT2D eigenvalue weighted by Crippen LogP contribution is -2.44. The topological polar surface area (TPSA) is 74.7 Å². The Morgan fingerprint density at radius 2 is 2.03 bits per heavy atom. The standard InChI is InChI=1S/C26H30ClN7/c1-17(33-10-8-28-9-11-33)19-6-7-29-21(12-19)13-24-31-23-5-4-22(25(27)26(23)32-24)20-14-30-34(16-20)15-18-2-3-18/h4-7,12,14,16-18,28H,2-3,8-11,13,15H2,1H3,(H,31,32). The second kappa shape index (κ2) is 9.13. The van der Waals surface area contributed by atoms with Crippen LogP contribution in [0.3, 0.4) is 0 Å². The van der Waals surface area contributed by atoms with Gasteiger partial charge in [0, 0.05) is 74.4 Å². The van der Waals surface area contributed by atoms with Crippen LogP contribution in [0.5, 0.6) is 0 Å². The van der Waals surface area contributed by atoms with Crippen molar-refractivity contribution in [1.82, 2.24) is 34.9 Å². The van der Waals surface area contributed by atoms with Gasteiger partial charge < -0.3 is 10.3 Å². The molecule has 1 saturated carbocycles. The molecule has 4 heterocycles. The smallest absolute Gasteiger partial charge is 0.113 e. The number of aromatic nitrogens is 5. The molecule has 1 atom stereocenters. The van der Waals surface area contributed by atoms with E-state index in [4.69, 9.17) is 16.6 Å². The van der Waals surface area contributed by atoms with E-state index in [0.29, 0.717) is 17.5 Å². The number of fused-ring (bicyclic) bond motifs is 1. The van der Waals surface area contributed by atoms with Crippen LogP contribution in [0.15, 0.2) is 42.9 Å². The number of nitrogens with zero attached hydrogens (tertiary/aromatic N) is 5. The maximum absolute atomic E-state index is 6.83. The molecule has 7 nitrogen and oxygen atoms in total. The van der Waals surface area contributed by atoms with Gasteiger partial charge in [-0.3, -0.25) is 14.6 Å². The van der Waals surface area contributed by atoms with Crippen LogP contribution in [0.1, 0.15) is 42.9 Å². The highest BCUT2D eigenvalue weighted by Crippen LogP contribution is 2.35. The Hall–Kier alpha value is -2.74. The second-order valence-electron chi connectivity index (χ2n) is 9.62. The van der Waals surface area contributed by atoms with Gasteiger partial charge in [0.25, 0.3) is 0 Å². The molecule has 0 spiro atoms. The Balaban J connectivity index is 1.22. The van der Waals surface area contributed by atoms with Gasteiger partial charge in [-0.15, -0.1) is 0 Å². The molecule has 0 bridgehead atoms. The van der Waals surface area contributed by atoms with E-state index in [0.717, 1.165) is 72.3 Å². The molecule has 2 fully saturated rings. The summed E-state index contributed by atoms with van der Waals surface area (Å²) < 4.78 is 2.03. The number of halogens is 1. The molecular weight excluding hydrogens is 446 g/mol. The third-order valence-corrected chi connectivity index (χ3v) is 7.48. The summed E-state index contributed by atoms with van der Waals surface area (Å²) in [5.41, 5.74) is 6.06. The van der Waals surface area contributed by atoms with Crippen molar-refractivity contribution in [3.8, 4) is 11.1 Å². The lowest BCUT2D eigenvalue weighted by atomic mass is 10.1. The van der Waals surface area contributed by atoms with E-state index in [9.17, 15) is 0 Å². The minimum absolute atomic E-state index is 0.373. The summed E-state index contributed by atoms with van der Waals surface area (Å²) in [7, 11) is 0. The first-order valence-corrected chi connectivity index (χ1v) is 12.6. The SMILES string of the molecule is CC(c1ccnc(Cc2nc3c(Cl)c(-c4cnn(CC5CC5)c4)ccc3[nH]2)c1)N1CCNCC1. The van der Waals surface area contributed by atoms with E-state index in [1.807, 2.05) is 17.1 Å². The highest BCUT2D eigenvalue weighted by Gasteiger charge is 2.22. The molecule has 8 heteroatoms. The van der Waals surface area contributed by atoms with Crippen molar-refractivity contribution in [2.24, 2.45) is 5.92 Å². The third-order valence-electron chi connectivity index (χ3n) is 7.10. The lowest BCUT2D eigenvalue weighted by molar-refractivity contribution is 0.185.